The van der Waals surface area contributed by atoms with Gasteiger partial charge in [-0.3, -0.25) is 4.40 Å². The molecule has 2 rings (SSSR count). The summed E-state index contributed by atoms with van der Waals surface area (Å²) in [7, 11) is -3.48. The summed E-state index contributed by atoms with van der Waals surface area (Å²) < 4.78 is 23.7. The Kier molecular flexibility index (Phi) is 3.26. The highest BCUT2D eigenvalue weighted by molar-refractivity contribution is 7.91. The molecule has 1 N–H and O–H groups in total. The van der Waals surface area contributed by atoms with Gasteiger partial charge in [0.2, 0.25) is 0 Å². The van der Waals surface area contributed by atoms with Crippen molar-refractivity contribution in [3.63, 3.8) is 0 Å². The van der Waals surface area contributed by atoms with Crippen LogP contribution in [0, 0.1) is 0 Å². The molecule has 0 spiro atoms. The molecule has 9 heteroatoms. The topological polar surface area (TPSA) is 102 Å². The largest absolute Gasteiger partial charge is 0.478 e. The molecule has 0 unspecified atom stereocenters. The Morgan fingerprint density at radius 3 is 2.50 bits per heavy atom. The fourth-order valence-corrected chi connectivity index (χ4v) is 2.36. The number of hydrogen-bond donors (Lipinski definition) is 1. The van der Waals surface area contributed by atoms with Crippen LogP contribution in [0.3, 0.4) is 0 Å². The fourth-order valence-electron chi connectivity index (χ4n) is 1.65. The smallest absolute Gasteiger partial charge is 0.337 e. The number of halogens is 1. The summed E-state index contributed by atoms with van der Waals surface area (Å²) in [6.07, 6.45) is 2.34. The Morgan fingerprint density at radius 1 is 1.40 bits per heavy atom. The molecule has 0 fully saturated rings. The van der Waals surface area contributed by atoms with Crippen molar-refractivity contribution in [1.29, 1.82) is 0 Å². The number of aromatic carboxylic acids is 1. The van der Waals surface area contributed by atoms with Crippen LogP contribution in [0.4, 0.5) is 0 Å². The van der Waals surface area contributed by atoms with Gasteiger partial charge in [-0.05, 0) is 19.9 Å². The summed E-state index contributed by atoms with van der Waals surface area (Å²) in [4.78, 5) is 11.0. The molecule has 0 aliphatic heterocycles. The molecule has 0 aliphatic carbocycles. The second-order valence-corrected chi connectivity index (χ2v) is 7.85. The van der Waals surface area contributed by atoms with Crippen molar-refractivity contribution < 1.29 is 18.3 Å². The van der Waals surface area contributed by atoms with Crippen LogP contribution < -0.4 is 0 Å². The number of pyridine rings is 1. The summed E-state index contributed by atoms with van der Waals surface area (Å²) in [6.45, 7) is 2.94. The Hall–Kier alpha value is -1.67. The van der Waals surface area contributed by atoms with Gasteiger partial charge < -0.3 is 5.11 Å². The van der Waals surface area contributed by atoms with Crippen LogP contribution in [0.5, 0.6) is 0 Å². The molecule has 2 aromatic heterocycles. The molecule has 7 nitrogen and oxygen atoms in total. The summed E-state index contributed by atoms with van der Waals surface area (Å²) in [5.41, 5.74) is 0.135. The van der Waals surface area contributed by atoms with Gasteiger partial charge in [0.15, 0.2) is 21.3 Å². The van der Waals surface area contributed by atoms with Gasteiger partial charge in [0, 0.05) is 12.5 Å². The maximum Gasteiger partial charge on any atom is 0.337 e. The molecule has 0 bridgehead atoms. The molecule has 0 amide bonds. The maximum absolute atomic E-state index is 11.9. The van der Waals surface area contributed by atoms with E-state index in [0.717, 1.165) is 6.26 Å². The SMILES string of the molecule is CC(C)(c1nnc2c(Cl)cc(C(=O)O)cn12)S(C)(=O)=O. The average molecular weight is 318 g/mol. The first-order valence-corrected chi connectivity index (χ1v) is 7.80. The van der Waals surface area contributed by atoms with E-state index >= 15 is 0 Å². The van der Waals surface area contributed by atoms with E-state index in [2.05, 4.69) is 10.2 Å². The highest BCUT2D eigenvalue weighted by Crippen LogP contribution is 2.29. The lowest BCUT2D eigenvalue weighted by Crippen LogP contribution is -2.30. The van der Waals surface area contributed by atoms with Gasteiger partial charge in [-0.15, -0.1) is 10.2 Å². The Bertz CT molecular complexity index is 810. The summed E-state index contributed by atoms with van der Waals surface area (Å²) in [5.74, 6) is -1.06. The molecule has 0 saturated heterocycles. The minimum absolute atomic E-state index is 0.0761. The van der Waals surface area contributed by atoms with Crippen LogP contribution in [0.15, 0.2) is 12.3 Å². The van der Waals surface area contributed by atoms with E-state index in [1.165, 1.54) is 30.5 Å². The van der Waals surface area contributed by atoms with Crippen molar-refractivity contribution in [2.45, 2.75) is 18.6 Å². The monoisotopic (exact) mass is 317 g/mol. The van der Waals surface area contributed by atoms with Crippen LogP contribution in [0.2, 0.25) is 5.02 Å². The lowest BCUT2D eigenvalue weighted by atomic mass is 10.2. The van der Waals surface area contributed by atoms with Gasteiger partial charge in [0.1, 0.15) is 4.75 Å². The number of carboxylic acid groups (broad SMARTS) is 1. The first kappa shape index (κ1) is 14.7. The van der Waals surface area contributed by atoms with Crippen molar-refractivity contribution in [2.24, 2.45) is 0 Å². The van der Waals surface area contributed by atoms with E-state index in [-0.39, 0.29) is 22.1 Å². The van der Waals surface area contributed by atoms with Gasteiger partial charge in [-0.1, -0.05) is 11.6 Å². The van der Waals surface area contributed by atoms with Crippen LogP contribution >= 0.6 is 11.6 Å². The Morgan fingerprint density at radius 2 is 2.00 bits per heavy atom. The fraction of sp³-hybridized carbons (Fsp3) is 0.364. The zero-order chi connectivity index (χ0) is 15.3. The molecule has 108 valence electrons. The number of rotatable bonds is 3. The molecule has 0 saturated carbocycles. The molecule has 20 heavy (non-hydrogen) atoms. The third kappa shape index (κ3) is 2.14. The van der Waals surface area contributed by atoms with Gasteiger partial charge in [0.05, 0.1) is 10.6 Å². The van der Waals surface area contributed by atoms with Gasteiger partial charge in [-0.2, -0.15) is 0 Å². The first-order chi connectivity index (χ1) is 9.05. The lowest BCUT2D eigenvalue weighted by molar-refractivity contribution is 0.0696. The van der Waals surface area contributed by atoms with Crippen LogP contribution in [0.25, 0.3) is 5.65 Å². The summed E-state index contributed by atoms with van der Waals surface area (Å²) in [5, 5.41) is 16.8. The molecule has 0 atom stereocenters. The number of sulfone groups is 1. The number of fused-ring (bicyclic) bond motifs is 1. The molecule has 0 radical (unpaired) electrons. The van der Waals surface area contributed by atoms with E-state index in [9.17, 15) is 13.2 Å². The minimum Gasteiger partial charge on any atom is -0.478 e. The zero-order valence-corrected chi connectivity index (χ0v) is 12.5. The van der Waals surface area contributed by atoms with Gasteiger partial charge in [0.25, 0.3) is 0 Å². The third-order valence-corrected chi connectivity index (χ3v) is 5.49. The van der Waals surface area contributed by atoms with Crippen LogP contribution in [0.1, 0.15) is 30.0 Å². The second kappa shape index (κ2) is 4.42. The van der Waals surface area contributed by atoms with Gasteiger partial charge >= 0.3 is 5.97 Å². The molecule has 0 aliphatic rings. The van der Waals surface area contributed by atoms with Crippen molar-refractivity contribution >= 4 is 33.1 Å². The number of carboxylic acids is 1. The number of carbonyl (C=O) groups is 1. The van der Waals surface area contributed by atoms with Crippen molar-refractivity contribution in [3.05, 3.63) is 28.7 Å². The van der Waals surface area contributed by atoms with Gasteiger partial charge in [-0.25, -0.2) is 13.2 Å². The predicted octanol–water partition coefficient (Wildman–Crippen LogP) is 1.36. The highest BCUT2D eigenvalue weighted by atomic mass is 35.5. The summed E-state index contributed by atoms with van der Waals surface area (Å²) in [6, 6.07) is 1.24. The molecular formula is C11H12ClN3O4S. The second-order valence-electron chi connectivity index (χ2n) is 4.88. The Balaban J connectivity index is 2.84. The third-order valence-electron chi connectivity index (χ3n) is 3.17. The maximum atomic E-state index is 11.9. The number of nitrogens with zero attached hydrogens (tertiary/aromatic N) is 3. The van der Waals surface area contributed by atoms with E-state index in [1.54, 1.807) is 0 Å². The highest BCUT2D eigenvalue weighted by Gasteiger charge is 2.37. The quantitative estimate of drug-likeness (QED) is 0.917. The lowest BCUT2D eigenvalue weighted by Gasteiger charge is -2.20. The van der Waals surface area contributed by atoms with E-state index in [1.807, 2.05) is 0 Å². The Labute approximate surface area is 120 Å². The van der Waals surface area contributed by atoms with Crippen LogP contribution in [-0.4, -0.2) is 40.3 Å². The molecule has 2 aromatic rings. The predicted molar refractivity (Wildman–Crippen MR) is 72.8 cm³/mol. The van der Waals surface area contributed by atoms with Crippen LogP contribution in [-0.2, 0) is 14.6 Å². The molecule has 0 aromatic carbocycles. The van der Waals surface area contributed by atoms with E-state index in [0.29, 0.717) is 0 Å². The average Bonchev–Trinajstić information content (AvgIpc) is 2.71. The van der Waals surface area contributed by atoms with E-state index < -0.39 is 20.6 Å². The van der Waals surface area contributed by atoms with Crippen molar-refractivity contribution in [3.8, 4) is 0 Å². The zero-order valence-electron chi connectivity index (χ0n) is 11.0. The van der Waals surface area contributed by atoms with Crippen molar-refractivity contribution in [2.75, 3.05) is 6.26 Å². The molecule has 2 heterocycles. The van der Waals surface area contributed by atoms with E-state index in [4.69, 9.17) is 16.7 Å². The summed E-state index contributed by atoms with van der Waals surface area (Å²) >= 11 is 5.95. The van der Waals surface area contributed by atoms with Crippen molar-refractivity contribution in [1.82, 2.24) is 14.6 Å². The normalized spacial score (nSPS) is 12.8. The minimum atomic E-state index is -3.48. The molecular weight excluding hydrogens is 306 g/mol. The number of aromatic nitrogens is 3. The standard InChI is InChI=1S/C11H12ClN3O4S/c1-11(2,20(3,18)19)10-14-13-8-7(12)4-6(9(16)17)5-15(8)10/h4-5H,1-3H3,(H,16,17). The first-order valence-electron chi connectivity index (χ1n) is 5.53. The number of hydrogen-bond acceptors (Lipinski definition) is 5.